The van der Waals surface area contributed by atoms with Gasteiger partial charge in [0.2, 0.25) is 0 Å². The van der Waals surface area contributed by atoms with Gasteiger partial charge in [0.1, 0.15) is 11.6 Å². The molecule has 0 unspecified atom stereocenters. The Kier molecular flexibility index (Phi) is 5.36. The predicted molar refractivity (Wildman–Crippen MR) is 60.1 cm³/mol. The third-order valence-corrected chi connectivity index (χ3v) is 2.77. The van der Waals surface area contributed by atoms with Crippen LogP contribution in [0.25, 0.3) is 0 Å². The predicted octanol–water partition coefficient (Wildman–Crippen LogP) is 2.83. The topological polar surface area (TPSA) is 12.0 Å². The van der Waals surface area contributed by atoms with E-state index in [1.807, 2.05) is 0 Å². The Bertz CT molecular complexity index is 328. The van der Waals surface area contributed by atoms with Gasteiger partial charge in [-0.15, -0.1) is 18.3 Å². The number of hydrogen-bond acceptors (Lipinski definition) is 2. The fourth-order valence-electron chi connectivity index (χ4n) is 1.03. The highest BCUT2D eigenvalue weighted by atomic mass is 32.2. The molecule has 0 saturated carbocycles. The third-order valence-electron chi connectivity index (χ3n) is 1.72. The Labute approximate surface area is 92.6 Å². The lowest BCUT2D eigenvalue weighted by Gasteiger charge is -2.03. The van der Waals surface area contributed by atoms with Gasteiger partial charge >= 0.3 is 0 Å². The molecular weight excluding hydrogens is 216 g/mol. The van der Waals surface area contributed by atoms with E-state index in [-0.39, 0.29) is 0 Å². The molecule has 1 aromatic carbocycles. The number of thioether (sulfide) groups is 1. The van der Waals surface area contributed by atoms with Gasteiger partial charge < -0.3 is 5.32 Å². The molecule has 1 aromatic rings. The van der Waals surface area contributed by atoms with Gasteiger partial charge in [-0.05, 0) is 12.1 Å². The first kappa shape index (κ1) is 12.2. The molecule has 15 heavy (non-hydrogen) atoms. The molecule has 0 bridgehead atoms. The average Bonchev–Trinajstić information content (AvgIpc) is 2.20. The van der Waals surface area contributed by atoms with Crippen LogP contribution in [0.1, 0.15) is 0 Å². The largest absolute Gasteiger partial charge is 0.312 e. The maximum atomic E-state index is 13.1. The smallest absolute Gasteiger partial charge is 0.139 e. The highest BCUT2D eigenvalue weighted by molar-refractivity contribution is 7.99. The quantitative estimate of drug-likeness (QED) is 0.457. The van der Waals surface area contributed by atoms with Crippen molar-refractivity contribution in [2.45, 2.75) is 4.90 Å². The minimum absolute atomic E-state index is 0.483. The van der Waals surface area contributed by atoms with Crippen LogP contribution in [0, 0.1) is 11.6 Å². The van der Waals surface area contributed by atoms with Gasteiger partial charge in [0.25, 0.3) is 0 Å². The zero-order valence-electron chi connectivity index (χ0n) is 8.30. The van der Waals surface area contributed by atoms with E-state index in [0.717, 1.165) is 24.9 Å². The van der Waals surface area contributed by atoms with Crippen molar-refractivity contribution in [1.82, 2.24) is 5.32 Å². The molecular formula is C11H13F2NS. The molecule has 0 aliphatic carbocycles. The summed E-state index contributed by atoms with van der Waals surface area (Å²) in [6, 6.07) is 3.63. The third kappa shape index (κ3) is 4.44. The molecule has 0 spiro atoms. The minimum Gasteiger partial charge on any atom is -0.312 e. The first-order valence-electron chi connectivity index (χ1n) is 4.63. The maximum Gasteiger partial charge on any atom is 0.139 e. The summed E-state index contributed by atoms with van der Waals surface area (Å²) in [5.41, 5.74) is 0. The number of rotatable bonds is 6. The molecule has 0 heterocycles. The van der Waals surface area contributed by atoms with Crippen molar-refractivity contribution < 1.29 is 8.78 Å². The first-order valence-corrected chi connectivity index (χ1v) is 5.62. The number of halogens is 2. The Morgan fingerprint density at radius 3 is 2.87 bits per heavy atom. The van der Waals surface area contributed by atoms with Crippen LogP contribution in [0.5, 0.6) is 0 Å². The van der Waals surface area contributed by atoms with Crippen molar-refractivity contribution in [3.63, 3.8) is 0 Å². The van der Waals surface area contributed by atoms with Crippen LogP contribution in [-0.4, -0.2) is 18.8 Å². The lowest BCUT2D eigenvalue weighted by molar-refractivity contribution is 0.565. The van der Waals surface area contributed by atoms with Gasteiger partial charge in [0, 0.05) is 29.8 Å². The van der Waals surface area contributed by atoms with Crippen LogP contribution >= 0.6 is 11.8 Å². The van der Waals surface area contributed by atoms with Gasteiger partial charge in [-0.25, -0.2) is 8.78 Å². The molecule has 4 heteroatoms. The molecule has 0 atom stereocenters. The molecule has 1 nitrogen and oxygen atoms in total. The van der Waals surface area contributed by atoms with E-state index in [1.54, 1.807) is 6.08 Å². The number of hydrogen-bond donors (Lipinski definition) is 1. The van der Waals surface area contributed by atoms with Gasteiger partial charge in [0.05, 0.1) is 0 Å². The molecule has 0 fully saturated rings. The second-order valence-corrected chi connectivity index (χ2v) is 4.05. The second-order valence-electron chi connectivity index (χ2n) is 2.92. The van der Waals surface area contributed by atoms with Crippen LogP contribution in [0.2, 0.25) is 0 Å². The molecule has 0 aliphatic rings. The highest BCUT2D eigenvalue weighted by Crippen LogP contribution is 2.21. The summed E-state index contributed by atoms with van der Waals surface area (Å²) in [6.07, 6.45) is 1.77. The first-order chi connectivity index (χ1) is 7.24. The van der Waals surface area contributed by atoms with E-state index in [4.69, 9.17) is 0 Å². The molecule has 0 saturated heterocycles. The molecule has 0 aromatic heterocycles. The van der Waals surface area contributed by atoms with E-state index in [9.17, 15) is 8.78 Å². The van der Waals surface area contributed by atoms with Crippen molar-refractivity contribution in [2.75, 3.05) is 18.8 Å². The van der Waals surface area contributed by atoms with Crippen LogP contribution in [0.3, 0.4) is 0 Å². The van der Waals surface area contributed by atoms with E-state index in [1.165, 1.54) is 23.9 Å². The number of nitrogens with one attached hydrogen (secondary N) is 1. The van der Waals surface area contributed by atoms with Gasteiger partial charge in [-0.1, -0.05) is 6.08 Å². The Morgan fingerprint density at radius 2 is 2.20 bits per heavy atom. The van der Waals surface area contributed by atoms with Crippen molar-refractivity contribution in [3.05, 3.63) is 42.5 Å². The molecule has 1 rings (SSSR count). The van der Waals surface area contributed by atoms with E-state index < -0.39 is 11.6 Å². The normalized spacial score (nSPS) is 10.3. The Morgan fingerprint density at radius 1 is 1.40 bits per heavy atom. The van der Waals surface area contributed by atoms with Gasteiger partial charge in [-0.2, -0.15) is 0 Å². The monoisotopic (exact) mass is 229 g/mol. The molecule has 82 valence electrons. The van der Waals surface area contributed by atoms with Gasteiger partial charge in [-0.3, -0.25) is 0 Å². The molecule has 1 N–H and O–H groups in total. The van der Waals surface area contributed by atoms with Gasteiger partial charge in [0.15, 0.2) is 0 Å². The lowest BCUT2D eigenvalue weighted by Crippen LogP contribution is -2.16. The van der Waals surface area contributed by atoms with E-state index in [2.05, 4.69) is 11.9 Å². The summed E-state index contributed by atoms with van der Waals surface area (Å²) in [4.78, 5) is 0.483. The summed E-state index contributed by atoms with van der Waals surface area (Å²) in [5.74, 6) is -0.290. The fourth-order valence-corrected chi connectivity index (χ4v) is 1.86. The number of benzene rings is 1. The molecule has 0 amide bonds. The summed E-state index contributed by atoms with van der Waals surface area (Å²) in [7, 11) is 0. The van der Waals surface area contributed by atoms with Crippen molar-refractivity contribution in [2.24, 2.45) is 0 Å². The highest BCUT2D eigenvalue weighted by Gasteiger charge is 2.03. The van der Waals surface area contributed by atoms with Crippen LogP contribution in [0.15, 0.2) is 35.7 Å². The summed E-state index contributed by atoms with van der Waals surface area (Å²) in [5, 5.41) is 3.10. The average molecular weight is 229 g/mol. The maximum absolute atomic E-state index is 13.1. The SMILES string of the molecule is C=CCNCCSc1ccc(F)cc1F. The second kappa shape index (κ2) is 6.58. The van der Waals surface area contributed by atoms with Crippen LogP contribution < -0.4 is 5.32 Å². The standard InChI is InChI=1S/C11H13F2NS/c1-2-5-14-6-7-15-11-4-3-9(12)8-10(11)13/h2-4,8,14H,1,5-7H2. The fraction of sp³-hybridized carbons (Fsp3) is 0.273. The van der Waals surface area contributed by atoms with Crippen molar-refractivity contribution in [3.8, 4) is 0 Å². The van der Waals surface area contributed by atoms with Crippen LogP contribution in [0.4, 0.5) is 8.78 Å². The van der Waals surface area contributed by atoms with Crippen molar-refractivity contribution >= 4 is 11.8 Å². The summed E-state index contributed by atoms with van der Waals surface area (Å²) in [6.45, 7) is 5.08. The Balaban J connectivity index is 2.34. The zero-order valence-corrected chi connectivity index (χ0v) is 9.12. The summed E-state index contributed by atoms with van der Waals surface area (Å²) >= 11 is 1.37. The molecule has 0 aliphatic heterocycles. The van der Waals surface area contributed by atoms with Crippen LogP contribution in [-0.2, 0) is 0 Å². The van der Waals surface area contributed by atoms with Crippen molar-refractivity contribution in [1.29, 1.82) is 0 Å². The zero-order chi connectivity index (χ0) is 11.1. The lowest BCUT2D eigenvalue weighted by atomic mass is 10.3. The Hall–Kier alpha value is -0.870. The minimum atomic E-state index is -0.540. The van der Waals surface area contributed by atoms with E-state index >= 15 is 0 Å². The van der Waals surface area contributed by atoms with E-state index in [0.29, 0.717) is 4.90 Å². The molecule has 0 radical (unpaired) electrons. The summed E-state index contributed by atoms with van der Waals surface area (Å²) < 4.78 is 25.7.